The van der Waals surface area contributed by atoms with Gasteiger partial charge in [0.25, 0.3) is 5.91 Å². The summed E-state index contributed by atoms with van der Waals surface area (Å²) in [5, 5.41) is 0. The van der Waals surface area contributed by atoms with Crippen LogP contribution in [0.4, 0.5) is 5.69 Å². The highest BCUT2D eigenvalue weighted by atomic mass is 16.5. The van der Waals surface area contributed by atoms with Gasteiger partial charge in [0.2, 0.25) is 0 Å². The summed E-state index contributed by atoms with van der Waals surface area (Å²) in [4.78, 5) is 18.3. The summed E-state index contributed by atoms with van der Waals surface area (Å²) in [7, 11) is 5.36. The number of benzene rings is 2. The molecular weight excluding hydrogens is 326 g/mol. The Morgan fingerprint density at radius 3 is 2.19 bits per heavy atom. The van der Waals surface area contributed by atoms with E-state index in [0.29, 0.717) is 0 Å². The molecule has 0 radical (unpaired) electrons. The summed E-state index contributed by atoms with van der Waals surface area (Å²) in [5.74, 6) is 1.04. The molecule has 0 spiro atoms. The Bertz CT molecular complexity index is 708. The van der Waals surface area contributed by atoms with Crippen LogP contribution in [0.1, 0.15) is 11.6 Å². The van der Waals surface area contributed by atoms with Crippen LogP contribution in [0.5, 0.6) is 5.75 Å². The van der Waals surface area contributed by atoms with E-state index in [4.69, 9.17) is 4.74 Å². The maximum Gasteiger partial charge on any atom is 0.285 e. The molecule has 1 amide bonds. The highest BCUT2D eigenvalue weighted by Crippen LogP contribution is 2.19. The second-order valence-corrected chi connectivity index (χ2v) is 6.92. The fraction of sp³-hybridized carbons (Fsp3) is 0.381. The predicted octanol–water partition coefficient (Wildman–Crippen LogP) is 1.23. The molecule has 1 saturated heterocycles. The highest BCUT2D eigenvalue weighted by Gasteiger charge is 2.35. The summed E-state index contributed by atoms with van der Waals surface area (Å²) in [6, 6.07) is 18.2. The van der Waals surface area contributed by atoms with Crippen molar-refractivity contribution in [1.82, 2.24) is 4.90 Å². The van der Waals surface area contributed by atoms with E-state index in [2.05, 4.69) is 29.2 Å². The van der Waals surface area contributed by atoms with Crippen LogP contribution in [0.25, 0.3) is 0 Å². The maximum absolute atomic E-state index is 12.8. The molecule has 1 aliphatic heterocycles. The van der Waals surface area contributed by atoms with Gasteiger partial charge >= 0.3 is 0 Å². The lowest BCUT2D eigenvalue weighted by Gasteiger charge is -2.37. The van der Waals surface area contributed by atoms with Gasteiger partial charge in [0.15, 0.2) is 6.04 Å². The Labute approximate surface area is 155 Å². The Morgan fingerprint density at radius 2 is 1.65 bits per heavy atom. The van der Waals surface area contributed by atoms with Crippen LogP contribution in [0.3, 0.4) is 0 Å². The number of carbonyl (C=O) groups excluding carboxylic acids is 1. The number of quaternary nitrogens is 1. The van der Waals surface area contributed by atoms with Crippen LogP contribution in [0.15, 0.2) is 54.6 Å². The summed E-state index contributed by atoms with van der Waals surface area (Å²) in [6.07, 6.45) is 0. The third kappa shape index (κ3) is 3.99. The first-order valence-corrected chi connectivity index (χ1v) is 9.10. The van der Waals surface area contributed by atoms with Crippen molar-refractivity contribution in [2.24, 2.45) is 0 Å². The third-order valence-electron chi connectivity index (χ3n) is 5.07. The molecule has 0 aliphatic carbocycles. The number of piperazine rings is 1. The molecule has 3 rings (SSSR count). The first-order valence-electron chi connectivity index (χ1n) is 9.10. The van der Waals surface area contributed by atoms with Gasteiger partial charge in [-0.1, -0.05) is 30.3 Å². The average Bonchev–Trinajstić information content (AvgIpc) is 2.69. The molecule has 1 fully saturated rings. The number of methoxy groups -OCH3 is 1. The number of anilines is 1. The molecular formula is C21H28N3O2+. The zero-order chi connectivity index (χ0) is 18.5. The van der Waals surface area contributed by atoms with Gasteiger partial charge in [-0.3, -0.25) is 4.79 Å². The van der Waals surface area contributed by atoms with Crippen LogP contribution >= 0.6 is 0 Å². The third-order valence-corrected chi connectivity index (χ3v) is 5.07. The Balaban J connectivity index is 1.72. The van der Waals surface area contributed by atoms with E-state index in [1.807, 2.05) is 44.4 Å². The van der Waals surface area contributed by atoms with Gasteiger partial charge in [0.1, 0.15) is 5.75 Å². The van der Waals surface area contributed by atoms with Gasteiger partial charge in [0.05, 0.1) is 33.3 Å². The molecule has 138 valence electrons. The molecule has 0 aromatic heterocycles. The van der Waals surface area contributed by atoms with Gasteiger partial charge in [-0.2, -0.15) is 0 Å². The molecule has 0 unspecified atom stereocenters. The minimum atomic E-state index is -0.135. The molecule has 2 aromatic rings. The Hall–Kier alpha value is -2.53. The van der Waals surface area contributed by atoms with Crippen molar-refractivity contribution in [2.45, 2.75) is 6.04 Å². The van der Waals surface area contributed by atoms with Crippen LogP contribution in [0.2, 0.25) is 0 Å². The molecule has 26 heavy (non-hydrogen) atoms. The van der Waals surface area contributed by atoms with E-state index in [9.17, 15) is 4.79 Å². The monoisotopic (exact) mass is 354 g/mol. The summed E-state index contributed by atoms with van der Waals surface area (Å²) >= 11 is 0. The van der Waals surface area contributed by atoms with E-state index in [0.717, 1.165) is 37.5 Å². The molecule has 5 nitrogen and oxygen atoms in total. The van der Waals surface area contributed by atoms with Gasteiger partial charge < -0.3 is 19.4 Å². The molecule has 1 N–H and O–H groups in total. The second kappa shape index (κ2) is 8.23. The van der Waals surface area contributed by atoms with Crippen LogP contribution < -0.4 is 14.5 Å². The predicted molar refractivity (Wildman–Crippen MR) is 104 cm³/mol. The van der Waals surface area contributed by atoms with Crippen LogP contribution in [-0.4, -0.2) is 58.2 Å². The number of hydrogen-bond donors (Lipinski definition) is 1. The van der Waals surface area contributed by atoms with Gasteiger partial charge in [-0.25, -0.2) is 0 Å². The SMILES string of the molecule is COc1ccc(N2CC[NH+]([C@H](C(=O)N(C)C)c3ccccc3)CC2)cc1. The summed E-state index contributed by atoms with van der Waals surface area (Å²) in [6.45, 7) is 3.74. The van der Waals surface area contributed by atoms with E-state index < -0.39 is 0 Å². The van der Waals surface area contributed by atoms with Crippen molar-refractivity contribution in [2.75, 3.05) is 52.3 Å². The number of rotatable bonds is 5. The van der Waals surface area contributed by atoms with Crippen molar-refractivity contribution in [3.05, 3.63) is 60.2 Å². The van der Waals surface area contributed by atoms with Crippen molar-refractivity contribution in [3.63, 3.8) is 0 Å². The minimum absolute atomic E-state index is 0.135. The molecule has 1 atom stereocenters. The summed E-state index contributed by atoms with van der Waals surface area (Å²) < 4.78 is 5.24. The van der Waals surface area contributed by atoms with Crippen molar-refractivity contribution in [3.8, 4) is 5.75 Å². The maximum atomic E-state index is 12.8. The molecule has 0 saturated carbocycles. The van der Waals surface area contributed by atoms with Crippen molar-refractivity contribution in [1.29, 1.82) is 0 Å². The highest BCUT2D eigenvalue weighted by molar-refractivity contribution is 5.81. The number of carbonyl (C=O) groups is 1. The molecule has 5 heteroatoms. The van der Waals surface area contributed by atoms with Gasteiger partial charge in [-0.15, -0.1) is 0 Å². The first-order chi connectivity index (χ1) is 12.6. The number of nitrogens with one attached hydrogen (secondary N) is 1. The fourth-order valence-electron chi connectivity index (χ4n) is 3.59. The number of amides is 1. The largest absolute Gasteiger partial charge is 0.497 e. The summed E-state index contributed by atoms with van der Waals surface area (Å²) in [5.41, 5.74) is 2.30. The molecule has 1 heterocycles. The van der Waals surface area contributed by atoms with Crippen LogP contribution in [-0.2, 0) is 4.79 Å². The average molecular weight is 354 g/mol. The van der Waals surface area contributed by atoms with Crippen molar-refractivity contribution >= 4 is 11.6 Å². The van der Waals surface area contributed by atoms with Crippen molar-refractivity contribution < 1.29 is 14.4 Å². The number of nitrogens with zero attached hydrogens (tertiary/aromatic N) is 2. The zero-order valence-electron chi connectivity index (χ0n) is 15.8. The molecule has 1 aliphatic rings. The van der Waals surface area contributed by atoms with Gasteiger partial charge in [0, 0.05) is 25.3 Å². The smallest absolute Gasteiger partial charge is 0.285 e. The lowest BCUT2D eigenvalue weighted by atomic mass is 10.0. The number of ether oxygens (including phenoxy) is 1. The Kier molecular flexibility index (Phi) is 5.78. The number of likely N-dealkylation sites (N-methyl/N-ethyl adjacent to an activating group) is 1. The zero-order valence-corrected chi connectivity index (χ0v) is 15.8. The standard InChI is InChI=1S/C21H27N3O2/c1-22(2)21(25)20(17-7-5-4-6-8-17)24-15-13-23(14-16-24)18-9-11-19(26-3)12-10-18/h4-12,20H,13-16H2,1-3H3/p+1/t20-/m0/s1. The van der Waals surface area contributed by atoms with Gasteiger partial charge in [-0.05, 0) is 24.3 Å². The van der Waals surface area contributed by atoms with E-state index in [-0.39, 0.29) is 11.9 Å². The lowest BCUT2D eigenvalue weighted by Crippen LogP contribution is -3.16. The molecule has 0 bridgehead atoms. The first kappa shape index (κ1) is 18.3. The second-order valence-electron chi connectivity index (χ2n) is 6.92. The molecule has 2 aromatic carbocycles. The lowest BCUT2D eigenvalue weighted by molar-refractivity contribution is -0.922. The number of hydrogen-bond acceptors (Lipinski definition) is 3. The van der Waals surface area contributed by atoms with E-state index in [1.165, 1.54) is 10.6 Å². The normalized spacial score (nSPS) is 16.2. The topological polar surface area (TPSA) is 37.2 Å². The van der Waals surface area contributed by atoms with E-state index in [1.54, 1.807) is 12.0 Å². The fourth-order valence-corrected chi connectivity index (χ4v) is 3.59. The quantitative estimate of drug-likeness (QED) is 0.878. The van der Waals surface area contributed by atoms with E-state index >= 15 is 0 Å². The van der Waals surface area contributed by atoms with Crippen LogP contribution in [0, 0.1) is 0 Å². The Morgan fingerprint density at radius 1 is 1.04 bits per heavy atom. The minimum Gasteiger partial charge on any atom is -0.497 e.